The Kier molecular flexibility index (Phi) is 6.92. The molecule has 3 N–H and O–H groups in total. The molecule has 11 heteroatoms. The summed E-state index contributed by atoms with van der Waals surface area (Å²) < 4.78 is 39.1. The van der Waals surface area contributed by atoms with Gasteiger partial charge in [-0.15, -0.1) is 0 Å². The van der Waals surface area contributed by atoms with Crippen LogP contribution in [0.5, 0.6) is 0 Å². The molecular weight excluding hydrogens is 505 g/mol. The molecule has 0 fully saturated rings. The third-order valence-corrected chi connectivity index (χ3v) is 6.49. The summed E-state index contributed by atoms with van der Waals surface area (Å²) in [6.07, 6.45) is -3.70. The molecule has 0 radical (unpaired) electrons. The largest absolute Gasteiger partial charge is 0.480 e. The zero-order valence-corrected chi connectivity index (χ0v) is 20.9. The van der Waals surface area contributed by atoms with Crippen molar-refractivity contribution >= 4 is 44.4 Å². The third-order valence-electron chi connectivity index (χ3n) is 5.58. The van der Waals surface area contributed by atoms with E-state index in [1.807, 2.05) is 12.1 Å². The Morgan fingerprint density at radius 1 is 0.973 bits per heavy atom. The monoisotopic (exact) mass is 528 g/mol. The summed E-state index contributed by atoms with van der Waals surface area (Å²) in [5, 5.41) is 15.5. The van der Waals surface area contributed by atoms with Gasteiger partial charge in [-0.3, -0.25) is 4.79 Å². The summed E-state index contributed by atoms with van der Waals surface area (Å²) in [5.41, 5.74) is 1.52. The highest BCUT2D eigenvalue weighted by molar-refractivity contribution is 7.22. The number of carboxylic acid groups (broad SMARTS) is 1. The van der Waals surface area contributed by atoms with E-state index in [1.54, 1.807) is 57.2 Å². The number of nitrogens with zero attached hydrogens (tertiary/aromatic N) is 2. The predicted molar refractivity (Wildman–Crippen MR) is 136 cm³/mol. The fourth-order valence-corrected chi connectivity index (χ4v) is 4.46. The molecule has 0 saturated carbocycles. The minimum Gasteiger partial charge on any atom is -0.480 e. The van der Waals surface area contributed by atoms with Gasteiger partial charge in [-0.05, 0) is 46.9 Å². The summed E-state index contributed by atoms with van der Waals surface area (Å²) in [6, 6.07) is 14.1. The van der Waals surface area contributed by atoms with E-state index in [0.717, 1.165) is 34.7 Å². The maximum absolute atomic E-state index is 12.9. The lowest BCUT2D eigenvalue weighted by atomic mass is 9.86. The number of pyridine rings is 1. The molecule has 0 aliphatic rings. The summed E-state index contributed by atoms with van der Waals surface area (Å²) in [5.74, 6) is -1.57. The molecule has 1 amide bonds. The van der Waals surface area contributed by atoms with Crippen molar-refractivity contribution in [2.45, 2.75) is 33.0 Å². The van der Waals surface area contributed by atoms with Gasteiger partial charge in [-0.1, -0.05) is 56.4 Å². The number of halogens is 3. The number of benzene rings is 2. The molecule has 0 unspecified atom stereocenters. The van der Waals surface area contributed by atoms with Crippen LogP contribution in [0.25, 0.3) is 21.5 Å². The first-order valence-corrected chi connectivity index (χ1v) is 12.0. The number of amides is 1. The number of hydrogen-bond donors (Lipinski definition) is 3. The van der Waals surface area contributed by atoms with Gasteiger partial charge in [-0.2, -0.15) is 18.2 Å². The van der Waals surface area contributed by atoms with Crippen LogP contribution in [-0.2, 0) is 11.0 Å². The molecule has 4 rings (SSSR count). The van der Waals surface area contributed by atoms with Crippen LogP contribution in [0, 0.1) is 5.41 Å². The maximum atomic E-state index is 12.9. The van der Waals surface area contributed by atoms with E-state index in [2.05, 4.69) is 20.6 Å². The minimum atomic E-state index is -4.47. The molecular formula is C26H23F3N4O3S. The number of aromatic nitrogens is 2. The number of carbonyl (C=O) groups is 2. The number of carbonyl (C=O) groups excluding carboxylic acids is 1. The summed E-state index contributed by atoms with van der Waals surface area (Å²) in [6.45, 7) is 5.22. The topological polar surface area (TPSA) is 104 Å². The number of hydrogen-bond acceptors (Lipinski definition) is 6. The highest BCUT2D eigenvalue weighted by Crippen LogP contribution is 2.34. The van der Waals surface area contributed by atoms with Gasteiger partial charge in [0, 0.05) is 17.4 Å². The van der Waals surface area contributed by atoms with Crippen LogP contribution in [0.15, 0.2) is 60.8 Å². The molecule has 37 heavy (non-hydrogen) atoms. The van der Waals surface area contributed by atoms with Gasteiger partial charge in [0.2, 0.25) is 0 Å². The molecule has 7 nitrogen and oxygen atoms in total. The second-order valence-corrected chi connectivity index (χ2v) is 10.5. The number of rotatable bonds is 6. The Bertz CT molecular complexity index is 1440. The number of carboxylic acids is 1. The van der Waals surface area contributed by atoms with E-state index in [0.29, 0.717) is 21.1 Å². The standard InChI is InChI=1S/C26H23F3N4O3S/c1-25(2,3)20(23(35)36)32-22(34)16-6-4-14(5-7-16)15-8-10-18(11-9-15)31-24-33-21-19(37-24)12-17(13-30-21)26(27,28)29/h4-13,20H,1-3H3,(H,32,34)(H,35,36)(H,30,31,33)/t20-/m1/s1. The Hall–Kier alpha value is -3.99. The van der Waals surface area contributed by atoms with Crippen LogP contribution in [0.3, 0.4) is 0 Å². The van der Waals surface area contributed by atoms with Gasteiger partial charge in [0.1, 0.15) is 6.04 Å². The van der Waals surface area contributed by atoms with Gasteiger partial charge in [0.15, 0.2) is 10.8 Å². The van der Waals surface area contributed by atoms with E-state index in [-0.39, 0.29) is 5.65 Å². The first kappa shape index (κ1) is 26.1. The predicted octanol–water partition coefficient (Wildman–Crippen LogP) is 6.35. The van der Waals surface area contributed by atoms with Crippen LogP contribution in [0.1, 0.15) is 36.7 Å². The van der Waals surface area contributed by atoms with Crippen molar-refractivity contribution in [2.24, 2.45) is 5.41 Å². The van der Waals surface area contributed by atoms with Crippen LogP contribution < -0.4 is 10.6 Å². The van der Waals surface area contributed by atoms with Crippen LogP contribution in [0.4, 0.5) is 24.0 Å². The number of aliphatic carboxylic acids is 1. The van der Waals surface area contributed by atoms with Gasteiger partial charge in [0.25, 0.3) is 5.91 Å². The van der Waals surface area contributed by atoms with Gasteiger partial charge >= 0.3 is 12.1 Å². The van der Waals surface area contributed by atoms with Crippen molar-refractivity contribution in [1.29, 1.82) is 0 Å². The Morgan fingerprint density at radius 3 is 2.11 bits per heavy atom. The second kappa shape index (κ2) is 9.81. The smallest absolute Gasteiger partial charge is 0.417 e. The zero-order valence-electron chi connectivity index (χ0n) is 20.1. The maximum Gasteiger partial charge on any atom is 0.417 e. The molecule has 2 aromatic carbocycles. The lowest BCUT2D eigenvalue weighted by Gasteiger charge is -2.27. The molecule has 192 valence electrons. The van der Waals surface area contributed by atoms with Crippen LogP contribution in [0.2, 0.25) is 0 Å². The van der Waals surface area contributed by atoms with Crippen molar-refractivity contribution in [3.63, 3.8) is 0 Å². The van der Waals surface area contributed by atoms with Crippen molar-refractivity contribution in [2.75, 3.05) is 5.32 Å². The average molecular weight is 529 g/mol. The number of nitrogens with one attached hydrogen (secondary N) is 2. The van der Waals surface area contributed by atoms with E-state index >= 15 is 0 Å². The normalized spacial score (nSPS) is 12.8. The average Bonchev–Trinajstić information content (AvgIpc) is 3.23. The fourth-order valence-electron chi connectivity index (χ4n) is 3.57. The number of fused-ring (bicyclic) bond motifs is 1. The Balaban J connectivity index is 1.44. The highest BCUT2D eigenvalue weighted by Gasteiger charge is 2.33. The van der Waals surface area contributed by atoms with Gasteiger partial charge in [0.05, 0.1) is 10.3 Å². The molecule has 0 saturated heterocycles. The summed E-state index contributed by atoms with van der Waals surface area (Å²) in [7, 11) is 0. The zero-order chi connectivity index (χ0) is 27.0. The third kappa shape index (κ3) is 6.05. The highest BCUT2D eigenvalue weighted by atomic mass is 32.1. The fraction of sp³-hybridized carbons (Fsp3) is 0.231. The lowest BCUT2D eigenvalue weighted by Crippen LogP contribution is -2.49. The molecule has 0 bridgehead atoms. The number of anilines is 2. The van der Waals surface area contributed by atoms with Gasteiger partial charge < -0.3 is 15.7 Å². The van der Waals surface area contributed by atoms with Crippen molar-refractivity contribution in [3.05, 3.63) is 71.9 Å². The molecule has 1 atom stereocenters. The summed E-state index contributed by atoms with van der Waals surface area (Å²) in [4.78, 5) is 32.1. The Labute approximate surface area is 214 Å². The van der Waals surface area contributed by atoms with E-state index < -0.39 is 35.1 Å². The first-order valence-electron chi connectivity index (χ1n) is 11.2. The summed E-state index contributed by atoms with van der Waals surface area (Å²) >= 11 is 1.08. The number of alkyl halides is 3. The van der Waals surface area contributed by atoms with Crippen molar-refractivity contribution < 1.29 is 27.9 Å². The Morgan fingerprint density at radius 2 is 1.57 bits per heavy atom. The molecule has 0 spiro atoms. The molecule has 2 aromatic heterocycles. The molecule has 0 aliphatic carbocycles. The SMILES string of the molecule is CC(C)(C)[C@H](NC(=O)c1ccc(-c2ccc(Nc3nc4ncc(C(F)(F)F)cc4s3)cc2)cc1)C(=O)O. The van der Waals surface area contributed by atoms with E-state index in [9.17, 15) is 27.9 Å². The molecule has 0 aliphatic heterocycles. The quantitative estimate of drug-likeness (QED) is 0.269. The molecule has 4 aromatic rings. The van der Waals surface area contributed by atoms with Crippen molar-refractivity contribution in [3.8, 4) is 11.1 Å². The van der Waals surface area contributed by atoms with Gasteiger partial charge in [-0.25, -0.2) is 9.78 Å². The van der Waals surface area contributed by atoms with E-state index in [1.165, 1.54) is 0 Å². The number of thiazole rings is 1. The van der Waals surface area contributed by atoms with Crippen LogP contribution in [-0.4, -0.2) is 33.0 Å². The second-order valence-electron chi connectivity index (χ2n) is 9.45. The first-order chi connectivity index (χ1) is 17.3. The van der Waals surface area contributed by atoms with Crippen molar-refractivity contribution in [1.82, 2.24) is 15.3 Å². The van der Waals surface area contributed by atoms with E-state index in [4.69, 9.17) is 0 Å². The lowest BCUT2D eigenvalue weighted by molar-refractivity contribution is -0.142. The van der Waals surface area contributed by atoms with Crippen LogP contribution >= 0.6 is 11.3 Å². The minimum absolute atomic E-state index is 0.235. The molecule has 2 heterocycles.